The minimum Gasteiger partial charge on any atom is -0.493 e. The topological polar surface area (TPSA) is 68.7 Å². The zero-order chi connectivity index (χ0) is 20.8. The average Bonchev–Trinajstić information content (AvgIpc) is 2.71. The molecule has 3 rings (SSSR count). The van der Waals surface area contributed by atoms with Crippen LogP contribution in [0.4, 0.5) is 0 Å². The molecule has 29 heavy (non-hydrogen) atoms. The molecule has 0 amide bonds. The highest BCUT2D eigenvalue weighted by atomic mass is 16.5. The SMILES string of the molecule is COc1cc(/C=C/c2cc(C(=O)O)c3ccccc3n2)ccc1OCCC(C)C. The minimum absolute atomic E-state index is 0.238. The van der Waals surface area contributed by atoms with Gasteiger partial charge in [-0.15, -0.1) is 0 Å². The van der Waals surface area contributed by atoms with Gasteiger partial charge in [0.15, 0.2) is 11.5 Å². The molecule has 0 saturated heterocycles. The van der Waals surface area contributed by atoms with Crippen LogP contribution in [0, 0.1) is 5.92 Å². The molecule has 0 aliphatic heterocycles. The van der Waals surface area contributed by atoms with Crippen LogP contribution < -0.4 is 9.47 Å². The number of aromatic carboxylic acids is 1. The van der Waals surface area contributed by atoms with E-state index in [0.717, 1.165) is 12.0 Å². The normalized spacial score (nSPS) is 11.3. The molecule has 0 atom stereocenters. The van der Waals surface area contributed by atoms with E-state index in [2.05, 4.69) is 18.8 Å². The van der Waals surface area contributed by atoms with Gasteiger partial charge in [-0.1, -0.05) is 44.2 Å². The van der Waals surface area contributed by atoms with Gasteiger partial charge < -0.3 is 14.6 Å². The number of ether oxygens (including phenoxy) is 2. The Labute approximate surface area is 170 Å². The Balaban J connectivity index is 1.85. The molecule has 0 bridgehead atoms. The maximum atomic E-state index is 11.6. The number of fused-ring (bicyclic) bond motifs is 1. The second kappa shape index (κ2) is 9.24. The van der Waals surface area contributed by atoms with Crippen molar-refractivity contribution < 1.29 is 19.4 Å². The molecule has 0 radical (unpaired) electrons. The van der Waals surface area contributed by atoms with Gasteiger partial charge in [0, 0.05) is 5.39 Å². The quantitative estimate of drug-likeness (QED) is 0.546. The molecular formula is C24H25NO4. The summed E-state index contributed by atoms with van der Waals surface area (Å²) >= 11 is 0. The first-order valence-electron chi connectivity index (χ1n) is 9.60. The second-order valence-electron chi connectivity index (χ2n) is 7.19. The number of carboxylic acids is 1. The van der Waals surface area contributed by atoms with Crippen LogP contribution in [0.25, 0.3) is 23.1 Å². The van der Waals surface area contributed by atoms with Crippen molar-refractivity contribution in [3.8, 4) is 11.5 Å². The summed E-state index contributed by atoms with van der Waals surface area (Å²) in [5.41, 5.74) is 2.38. The van der Waals surface area contributed by atoms with Crippen LogP contribution in [0.1, 0.15) is 41.9 Å². The highest BCUT2D eigenvalue weighted by Crippen LogP contribution is 2.29. The van der Waals surface area contributed by atoms with Crippen LogP contribution in [0.15, 0.2) is 48.5 Å². The van der Waals surface area contributed by atoms with E-state index < -0.39 is 5.97 Å². The molecule has 0 aliphatic carbocycles. The lowest BCUT2D eigenvalue weighted by Crippen LogP contribution is -2.02. The summed E-state index contributed by atoms with van der Waals surface area (Å²) in [6.07, 6.45) is 4.65. The number of pyridine rings is 1. The van der Waals surface area contributed by atoms with Crippen LogP contribution in [-0.2, 0) is 0 Å². The largest absolute Gasteiger partial charge is 0.493 e. The first-order chi connectivity index (χ1) is 14.0. The van der Waals surface area contributed by atoms with Gasteiger partial charge in [-0.25, -0.2) is 9.78 Å². The number of benzene rings is 2. The third kappa shape index (κ3) is 5.13. The molecule has 0 saturated carbocycles. The fourth-order valence-electron chi connectivity index (χ4n) is 2.95. The summed E-state index contributed by atoms with van der Waals surface area (Å²) in [6.45, 7) is 4.96. The molecule has 0 unspecified atom stereocenters. The lowest BCUT2D eigenvalue weighted by atomic mass is 10.1. The Morgan fingerprint density at radius 2 is 1.90 bits per heavy atom. The Morgan fingerprint density at radius 1 is 1.10 bits per heavy atom. The van der Waals surface area contributed by atoms with E-state index in [0.29, 0.717) is 40.6 Å². The number of hydrogen-bond acceptors (Lipinski definition) is 4. The van der Waals surface area contributed by atoms with Crippen molar-refractivity contribution >= 4 is 29.0 Å². The van der Waals surface area contributed by atoms with E-state index >= 15 is 0 Å². The molecule has 0 fully saturated rings. The molecule has 5 heteroatoms. The van der Waals surface area contributed by atoms with Crippen molar-refractivity contribution in [3.05, 3.63) is 65.4 Å². The number of nitrogens with zero attached hydrogens (tertiary/aromatic N) is 1. The number of hydrogen-bond donors (Lipinski definition) is 1. The first-order valence-corrected chi connectivity index (χ1v) is 9.60. The third-order valence-corrected chi connectivity index (χ3v) is 4.55. The molecule has 0 spiro atoms. The average molecular weight is 391 g/mol. The van der Waals surface area contributed by atoms with Crippen LogP contribution in [0.2, 0.25) is 0 Å². The van der Waals surface area contributed by atoms with E-state index in [1.807, 2.05) is 42.5 Å². The Morgan fingerprint density at radius 3 is 2.62 bits per heavy atom. The first kappa shape index (κ1) is 20.4. The minimum atomic E-state index is -0.970. The number of para-hydroxylation sites is 1. The van der Waals surface area contributed by atoms with E-state index in [-0.39, 0.29) is 5.56 Å². The Bertz CT molecular complexity index is 1040. The standard InChI is InChI=1S/C24H25NO4/c1-16(2)12-13-29-22-11-9-17(14-23(22)28-3)8-10-18-15-20(24(26)27)19-6-4-5-7-21(19)25-18/h4-11,14-16H,12-13H2,1-3H3,(H,26,27)/b10-8+. The van der Waals surface area contributed by atoms with Crippen LogP contribution in [-0.4, -0.2) is 29.8 Å². The summed E-state index contributed by atoms with van der Waals surface area (Å²) in [7, 11) is 1.61. The van der Waals surface area contributed by atoms with Crippen LogP contribution in [0.5, 0.6) is 11.5 Å². The van der Waals surface area contributed by atoms with E-state index in [1.165, 1.54) is 0 Å². The van der Waals surface area contributed by atoms with Crippen molar-refractivity contribution in [2.75, 3.05) is 13.7 Å². The fourth-order valence-corrected chi connectivity index (χ4v) is 2.95. The lowest BCUT2D eigenvalue weighted by molar-refractivity contribution is 0.0699. The van der Waals surface area contributed by atoms with Gasteiger partial charge in [-0.2, -0.15) is 0 Å². The van der Waals surface area contributed by atoms with Crippen molar-refractivity contribution in [2.45, 2.75) is 20.3 Å². The second-order valence-corrected chi connectivity index (χ2v) is 7.19. The lowest BCUT2D eigenvalue weighted by Gasteiger charge is -2.12. The molecule has 5 nitrogen and oxygen atoms in total. The van der Waals surface area contributed by atoms with Crippen molar-refractivity contribution in [2.24, 2.45) is 5.92 Å². The molecule has 0 aliphatic rings. The van der Waals surface area contributed by atoms with Gasteiger partial charge in [0.05, 0.1) is 30.5 Å². The van der Waals surface area contributed by atoms with Gasteiger partial charge in [0.1, 0.15) is 0 Å². The van der Waals surface area contributed by atoms with E-state index in [9.17, 15) is 9.90 Å². The predicted molar refractivity (Wildman–Crippen MR) is 116 cm³/mol. The van der Waals surface area contributed by atoms with Gasteiger partial charge in [-0.3, -0.25) is 0 Å². The molecule has 1 N–H and O–H groups in total. The number of aromatic nitrogens is 1. The summed E-state index contributed by atoms with van der Waals surface area (Å²) < 4.78 is 11.3. The number of methoxy groups -OCH3 is 1. The third-order valence-electron chi connectivity index (χ3n) is 4.55. The Hall–Kier alpha value is -3.34. The molecular weight excluding hydrogens is 366 g/mol. The monoisotopic (exact) mass is 391 g/mol. The van der Waals surface area contributed by atoms with Crippen LogP contribution in [0.3, 0.4) is 0 Å². The Kier molecular flexibility index (Phi) is 6.50. The van der Waals surface area contributed by atoms with Gasteiger partial charge in [0.2, 0.25) is 0 Å². The molecule has 2 aromatic carbocycles. The zero-order valence-corrected chi connectivity index (χ0v) is 16.9. The molecule has 150 valence electrons. The highest BCUT2D eigenvalue weighted by molar-refractivity contribution is 6.03. The summed E-state index contributed by atoms with van der Waals surface area (Å²) in [4.78, 5) is 16.2. The highest BCUT2D eigenvalue weighted by Gasteiger charge is 2.10. The van der Waals surface area contributed by atoms with Crippen molar-refractivity contribution in [1.82, 2.24) is 4.98 Å². The zero-order valence-electron chi connectivity index (χ0n) is 16.9. The molecule has 1 aromatic heterocycles. The summed E-state index contributed by atoms with van der Waals surface area (Å²) in [5.74, 6) is 0.979. The van der Waals surface area contributed by atoms with Gasteiger partial charge >= 0.3 is 5.97 Å². The van der Waals surface area contributed by atoms with E-state index in [1.54, 1.807) is 25.3 Å². The number of rotatable bonds is 8. The molecule has 1 heterocycles. The summed E-state index contributed by atoms with van der Waals surface area (Å²) in [6, 6.07) is 14.5. The number of carbonyl (C=O) groups is 1. The van der Waals surface area contributed by atoms with Gasteiger partial charge in [0.25, 0.3) is 0 Å². The molecule has 3 aromatic rings. The predicted octanol–water partition coefficient (Wildman–Crippen LogP) is 5.54. The van der Waals surface area contributed by atoms with E-state index in [4.69, 9.17) is 9.47 Å². The van der Waals surface area contributed by atoms with Crippen molar-refractivity contribution in [3.63, 3.8) is 0 Å². The van der Waals surface area contributed by atoms with Crippen LogP contribution >= 0.6 is 0 Å². The smallest absolute Gasteiger partial charge is 0.336 e. The van der Waals surface area contributed by atoms with Gasteiger partial charge in [-0.05, 0) is 48.2 Å². The summed E-state index contributed by atoms with van der Waals surface area (Å²) in [5, 5.41) is 10.1. The number of carboxylic acid groups (broad SMARTS) is 1. The maximum Gasteiger partial charge on any atom is 0.336 e. The van der Waals surface area contributed by atoms with Crippen molar-refractivity contribution in [1.29, 1.82) is 0 Å². The fraction of sp³-hybridized carbons (Fsp3) is 0.250. The maximum absolute atomic E-state index is 11.6.